The number of fused-ring (bicyclic) bond motifs is 3. The molecule has 0 saturated carbocycles. The van der Waals surface area contributed by atoms with Gasteiger partial charge >= 0.3 is 6.03 Å². The number of anilines is 1. The van der Waals surface area contributed by atoms with E-state index in [9.17, 15) is 9.18 Å². The molecule has 1 fully saturated rings. The van der Waals surface area contributed by atoms with Crippen molar-refractivity contribution < 1.29 is 9.18 Å². The van der Waals surface area contributed by atoms with Crippen molar-refractivity contribution in [1.29, 1.82) is 0 Å². The highest BCUT2D eigenvalue weighted by Gasteiger charge is 2.42. The second kappa shape index (κ2) is 3.58. The number of amides is 2. The Bertz CT molecular complexity index is 500. The SMILES string of the molecule is C=CCN1CC2Cc3cc(F)ccc3N2C1=O. The standard InChI is InChI=1S/C13H13FN2O/c1-2-5-15-8-11-7-9-6-10(14)3-4-12(9)16(11)13(15)17/h2-4,6,11H,1,5,7-8H2. The first-order chi connectivity index (χ1) is 8.20. The first kappa shape index (κ1) is 10.3. The molecule has 0 spiro atoms. The highest BCUT2D eigenvalue weighted by atomic mass is 19.1. The summed E-state index contributed by atoms with van der Waals surface area (Å²) in [6, 6.07) is 4.78. The Morgan fingerprint density at radius 1 is 1.53 bits per heavy atom. The maximum atomic E-state index is 13.1. The fourth-order valence-electron chi connectivity index (χ4n) is 2.69. The molecule has 17 heavy (non-hydrogen) atoms. The Balaban J connectivity index is 1.95. The van der Waals surface area contributed by atoms with Crippen LogP contribution >= 0.6 is 0 Å². The Hall–Kier alpha value is -1.84. The zero-order chi connectivity index (χ0) is 12.0. The monoisotopic (exact) mass is 232 g/mol. The third kappa shape index (κ3) is 1.44. The maximum Gasteiger partial charge on any atom is 0.325 e. The summed E-state index contributed by atoms with van der Waals surface area (Å²) in [4.78, 5) is 15.7. The van der Waals surface area contributed by atoms with Gasteiger partial charge in [-0.2, -0.15) is 0 Å². The van der Waals surface area contributed by atoms with E-state index < -0.39 is 0 Å². The molecule has 1 atom stereocenters. The van der Waals surface area contributed by atoms with Crippen molar-refractivity contribution in [3.05, 3.63) is 42.2 Å². The van der Waals surface area contributed by atoms with Gasteiger partial charge in [-0.1, -0.05) is 6.08 Å². The maximum absolute atomic E-state index is 13.1. The molecule has 0 radical (unpaired) electrons. The van der Waals surface area contributed by atoms with Gasteiger partial charge < -0.3 is 4.90 Å². The number of nitrogens with zero attached hydrogens (tertiary/aromatic N) is 2. The van der Waals surface area contributed by atoms with E-state index in [2.05, 4.69) is 6.58 Å². The molecule has 0 aromatic heterocycles. The lowest BCUT2D eigenvalue weighted by molar-refractivity contribution is 0.225. The number of urea groups is 1. The molecule has 0 bridgehead atoms. The van der Waals surface area contributed by atoms with Gasteiger partial charge in [-0.3, -0.25) is 4.90 Å². The molecule has 2 heterocycles. The molecule has 4 heteroatoms. The number of carbonyl (C=O) groups is 1. The van der Waals surface area contributed by atoms with E-state index in [1.54, 1.807) is 21.9 Å². The minimum Gasteiger partial charge on any atom is -0.319 e. The van der Waals surface area contributed by atoms with Crippen molar-refractivity contribution in [2.24, 2.45) is 0 Å². The highest BCUT2D eigenvalue weighted by Crippen LogP contribution is 2.37. The van der Waals surface area contributed by atoms with Crippen molar-refractivity contribution in [2.45, 2.75) is 12.5 Å². The third-order valence-electron chi connectivity index (χ3n) is 3.38. The number of carbonyl (C=O) groups excluding carboxylic acids is 1. The van der Waals surface area contributed by atoms with Gasteiger partial charge in [0.1, 0.15) is 5.82 Å². The largest absolute Gasteiger partial charge is 0.325 e. The lowest BCUT2D eigenvalue weighted by Crippen LogP contribution is -2.32. The van der Waals surface area contributed by atoms with E-state index in [1.807, 2.05) is 0 Å². The summed E-state index contributed by atoms with van der Waals surface area (Å²) in [7, 11) is 0. The average molecular weight is 232 g/mol. The van der Waals surface area contributed by atoms with Crippen LogP contribution in [-0.4, -0.2) is 30.1 Å². The first-order valence-electron chi connectivity index (χ1n) is 5.68. The number of benzene rings is 1. The number of hydrogen-bond donors (Lipinski definition) is 0. The van der Waals surface area contributed by atoms with Gasteiger partial charge in [0.25, 0.3) is 0 Å². The molecule has 1 saturated heterocycles. The number of rotatable bonds is 2. The smallest absolute Gasteiger partial charge is 0.319 e. The Kier molecular flexibility index (Phi) is 2.18. The van der Waals surface area contributed by atoms with Crippen LogP contribution in [0, 0.1) is 5.82 Å². The number of hydrogen-bond acceptors (Lipinski definition) is 1. The molecule has 2 aliphatic rings. The second-order valence-electron chi connectivity index (χ2n) is 4.48. The zero-order valence-corrected chi connectivity index (χ0v) is 9.40. The van der Waals surface area contributed by atoms with Crippen LogP contribution in [0.5, 0.6) is 0 Å². The van der Waals surface area contributed by atoms with E-state index in [-0.39, 0.29) is 17.9 Å². The van der Waals surface area contributed by atoms with Gasteiger partial charge in [-0.05, 0) is 30.2 Å². The molecular formula is C13H13FN2O. The van der Waals surface area contributed by atoms with Gasteiger partial charge in [0.2, 0.25) is 0 Å². The first-order valence-corrected chi connectivity index (χ1v) is 5.68. The molecule has 3 rings (SSSR count). The summed E-state index contributed by atoms with van der Waals surface area (Å²) in [5.74, 6) is -0.236. The van der Waals surface area contributed by atoms with Gasteiger partial charge in [0.15, 0.2) is 0 Å². The molecule has 1 unspecified atom stereocenters. The minimum atomic E-state index is -0.236. The van der Waals surface area contributed by atoms with Crippen LogP contribution in [0.15, 0.2) is 30.9 Å². The zero-order valence-electron chi connectivity index (χ0n) is 9.40. The lowest BCUT2D eigenvalue weighted by Gasteiger charge is -2.17. The van der Waals surface area contributed by atoms with Gasteiger partial charge in [-0.15, -0.1) is 6.58 Å². The molecule has 2 aliphatic heterocycles. The molecule has 2 amide bonds. The summed E-state index contributed by atoms with van der Waals surface area (Å²) in [5.41, 5.74) is 1.79. The van der Waals surface area contributed by atoms with Crippen LogP contribution < -0.4 is 4.90 Å². The topological polar surface area (TPSA) is 23.6 Å². The van der Waals surface area contributed by atoms with Crippen LogP contribution in [0.1, 0.15) is 5.56 Å². The molecular weight excluding hydrogens is 219 g/mol. The normalized spacial score (nSPS) is 21.7. The summed E-state index contributed by atoms with van der Waals surface area (Å²) < 4.78 is 13.1. The quantitative estimate of drug-likeness (QED) is 0.717. The van der Waals surface area contributed by atoms with Crippen molar-refractivity contribution in [2.75, 3.05) is 18.0 Å². The molecule has 0 N–H and O–H groups in total. The third-order valence-corrected chi connectivity index (χ3v) is 3.38. The van der Waals surface area contributed by atoms with E-state index in [1.165, 1.54) is 12.1 Å². The molecule has 3 nitrogen and oxygen atoms in total. The number of halogens is 1. The van der Waals surface area contributed by atoms with Crippen LogP contribution in [-0.2, 0) is 6.42 Å². The van der Waals surface area contributed by atoms with Crippen LogP contribution in [0.3, 0.4) is 0 Å². The molecule has 1 aromatic rings. The van der Waals surface area contributed by atoms with E-state index in [0.29, 0.717) is 13.1 Å². The van der Waals surface area contributed by atoms with Crippen LogP contribution in [0.4, 0.5) is 14.9 Å². The van der Waals surface area contributed by atoms with Crippen molar-refractivity contribution >= 4 is 11.7 Å². The van der Waals surface area contributed by atoms with Crippen molar-refractivity contribution in [3.8, 4) is 0 Å². The van der Waals surface area contributed by atoms with Gasteiger partial charge in [0.05, 0.1) is 6.04 Å². The molecule has 1 aromatic carbocycles. The average Bonchev–Trinajstić information content (AvgIpc) is 2.77. The summed E-state index contributed by atoms with van der Waals surface area (Å²) >= 11 is 0. The van der Waals surface area contributed by atoms with E-state index >= 15 is 0 Å². The summed E-state index contributed by atoms with van der Waals surface area (Å²) in [5, 5.41) is 0. The summed E-state index contributed by atoms with van der Waals surface area (Å²) in [6.07, 6.45) is 2.47. The molecule has 0 aliphatic carbocycles. The fraction of sp³-hybridized carbons (Fsp3) is 0.308. The Morgan fingerprint density at radius 2 is 2.35 bits per heavy atom. The lowest BCUT2D eigenvalue weighted by atomic mass is 10.1. The van der Waals surface area contributed by atoms with Crippen LogP contribution in [0.2, 0.25) is 0 Å². The Labute approximate surface area is 99.1 Å². The summed E-state index contributed by atoms with van der Waals surface area (Å²) in [6.45, 7) is 4.91. The second-order valence-corrected chi connectivity index (χ2v) is 4.48. The fourth-order valence-corrected chi connectivity index (χ4v) is 2.69. The highest BCUT2D eigenvalue weighted by molar-refractivity contribution is 5.97. The predicted molar refractivity (Wildman–Crippen MR) is 63.5 cm³/mol. The minimum absolute atomic E-state index is 0.000239. The van der Waals surface area contributed by atoms with E-state index in [0.717, 1.165) is 17.7 Å². The van der Waals surface area contributed by atoms with Crippen molar-refractivity contribution in [1.82, 2.24) is 4.90 Å². The van der Waals surface area contributed by atoms with Crippen LogP contribution in [0.25, 0.3) is 0 Å². The molecule has 88 valence electrons. The predicted octanol–water partition coefficient (Wildman–Crippen LogP) is 2.18. The van der Waals surface area contributed by atoms with Gasteiger partial charge in [-0.25, -0.2) is 9.18 Å². The van der Waals surface area contributed by atoms with Gasteiger partial charge in [0, 0.05) is 18.8 Å². The Morgan fingerprint density at radius 3 is 3.12 bits per heavy atom. The van der Waals surface area contributed by atoms with E-state index in [4.69, 9.17) is 0 Å². The van der Waals surface area contributed by atoms with Crippen molar-refractivity contribution in [3.63, 3.8) is 0 Å².